The van der Waals surface area contributed by atoms with Crippen molar-refractivity contribution in [1.82, 2.24) is 10.6 Å². The molecular weight excluding hydrogens is 236 g/mol. The van der Waals surface area contributed by atoms with E-state index in [1.807, 2.05) is 0 Å². The van der Waals surface area contributed by atoms with Crippen LogP contribution in [0.2, 0.25) is 0 Å². The number of carbonyl (C=O) groups is 2. The molecule has 4 N–H and O–H groups in total. The lowest BCUT2D eigenvalue weighted by molar-refractivity contribution is -0.136. The van der Waals surface area contributed by atoms with Crippen LogP contribution in [0.1, 0.15) is 40.0 Å². The minimum Gasteiger partial charge on any atom is -0.481 e. The van der Waals surface area contributed by atoms with E-state index in [1.54, 1.807) is 6.92 Å². The van der Waals surface area contributed by atoms with Crippen LogP contribution in [0.3, 0.4) is 0 Å². The van der Waals surface area contributed by atoms with E-state index in [0.29, 0.717) is 12.3 Å². The van der Waals surface area contributed by atoms with Gasteiger partial charge < -0.3 is 20.8 Å². The summed E-state index contributed by atoms with van der Waals surface area (Å²) in [5, 5.41) is 23.3. The topological polar surface area (TPSA) is 98.7 Å². The molecule has 0 aliphatic carbocycles. The van der Waals surface area contributed by atoms with Crippen LogP contribution < -0.4 is 10.6 Å². The van der Waals surface area contributed by atoms with Crippen LogP contribution in [0.15, 0.2) is 0 Å². The molecule has 0 fully saturated rings. The van der Waals surface area contributed by atoms with Gasteiger partial charge in [0.1, 0.15) is 0 Å². The van der Waals surface area contributed by atoms with Crippen molar-refractivity contribution in [3.05, 3.63) is 0 Å². The van der Waals surface area contributed by atoms with Crippen molar-refractivity contribution in [2.24, 2.45) is 5.92 Å². The van der Waals surface area contributed by atoms with Gasteiger partial charge in [-0.2, -0.15) is 0 Å². The Morgan fingerprint density at radius 3 is 2.39 bits per heavy atom. The van der Waals surface area contributed by atoms with Crippen LogP contribution in [-0.4, -0.2) is 40.9 Å². The number of aliphatic carboxylic acids is 1. The summed E-state index contributed by atoms with van der Waals surface area (Å²) >= 11 is 0. The smallest absolute Gasteiger partial charge is 0.314 e. The molecule has 2 amide bonds. The van der Waals surface area contributed by atoms with Crippen molar-refractivity contribution >= 4 is 12.0 Å². The second-order valence-electron chi connectivity index (χ2n) is 5.18. The summed E-state index contributed by atoms with van der Waals surface area (Å²) in [6.45, 7) is 6.05. The Labute approximate surface area is 108 Å². The molecule has 0 aliphatic heterocycles. The zero-order chi connectivity index (χ0) is 14.2. The van der Waals surface area contributed by atoms with Crippen molar-refractivity contribution in [3.63, 3.8) is 0 Å². The second-order valence-corrected chi connectivity index (χ2v) is 5.18. The molecule has 106 valence electrons. The SMILES string of the molecule is CC(C)CCC(C)(O)CNC(=O)NCCC(=O)O. The summed E-state index contributed by atoms with van der Waals surface area (Å²) in [5.74, 6) is -0.458. The van der Waals surface area contributed by atoms with E-state index < -0.39 is 17.6 Å². The zero-order valence-corrected chi connectivity index (χ0v) is 11.3. The van der Waals surface area contributed by atoms with E-state index in [-0.39, 0.29) is 19.5 Å². The van der Waals surface area contributed by atoms with E-state index in [9.17, 15) is 14.7 Å². The number of carboxylic acids is 1. The van der Waals surface area contributed by atoms with Gasteiger partial charge in [0.2, 0.25) is 0 Å². The molecule has 0 aromatic carbocycles. The van der Waals surface area contributed by atoms with Crippen LogP contribution >= 0.6 is 0 Å². The van der Waals surface area contributed by atoms with Crippen molar-refractivity contribution in [2.75, 3.05) is 13.1 Å². The molecule has 0 aromatic heterocycles. The molecule has 6 heteroatoms. The highest BCUT2D eigenvalue weighted by Crippen LogP contribution is 2.15. The number of urea groups is 1. The Hall–Kier alpha value is -1.30. The van der Waals surface area contributed by atoms with Gasteiger partial charge in [0.25, 0.3) is 0 Å². The van der Waals surface area contributed by atoms with Crippen molar-refractivity contribution in [3.8, 4) is 0 Å². The largest absolute Gasteiger partial charge is 0.481 e. The molecule has 0 saturated heterocycles. The highest BCUT2D eigenvalue weighted by atomic mass is 16.4. The van der Waals surface area contributed by atoms with Crippen molar-refractivity contribution in [2.45, 2.75) is 45.6 Å². The molecule has 0 radical (unpaired) electrons. The van der Waals surface area contributed by atoms with E-state index in [0.717, 1.165) is 6.42 Å². The molecule has 0 saturated carbocycles. The third kappa shape index (κ3) is 9.89. The van der Waals surface area contributed by atoms with Crippen molar-refractivity contribution in [1.29, 1.82) is 0 Å². The highest BCUT2D eigenvalue weighted by Gasteiger charge is 2.21. The van der Waals surface area contributed by atoms with Gasteiger partial charge in [-0.25, -0.2) is 4.79 Å². The van der Waals surface area contributed by atoms with Gasteiger partial charge in [-0.3, -0.25) is 4.79 Å². The number of hydrogen-bond acceptors (Lipinski definition) is 3. The van der Waals surface area contributed by atoms with Crippen LogP contribution in [0.25, 0.3) is 0 Å². The fraction of sp³-hybridized carbons (Fsp3) is 0.833. The van der Waals surface area contributed by atoms with Gasteiger partial charge in [0, 0.05) is 13.1 Å². The Morgan fingerprint density at radius 1 is 1.28 bits per heavy atom. The maximum atomic E-state index is 11.3. The van der Waals surface area contributed by atoms with Gasteiger partial charge >= 0.3 is 12.0 Å². The van der Waals surface area contributed by atoms with Crippen LogP contribution in [0.5, 0.6) is 0 Å². The first-order valence-corrected chi connectivity index (χ1v) is 6.19. The lowest BCUT2D eigenvalue weighted by atomic mass is 9.95. The third-order valence-corrected chi connectivity index (χ3v) is 2.51. The Balaban J connectivity index is 3.78. The quantitative estimate of drug-likeness (QED) is 0.522. The fourth-order valence-corrected chi connectivity index (χ4v) is 1.30. The number of nitrogens with one attached hydrogen (secondary N) is 2. The lowest BCUT2D eigenvalue weighted by Crippen LogP contribution is -2.45. The molecule has 0 aromatic rings. The fourth-order valence-electron chi connectivity index (χ4n) is 1.30. The first-order chi connectivity index (χ1) is 8.23. The normalized spacial score (nSPS) is 14.1. The maximum Gasteiger partial charge on any atom is 0.314 e. The average molecular weight is 260 g/mol. The van der Waals surface area contributed by atoms with Gasteiger partial charge in [-0.15, -0.1) is 0 Å². The minimum atomic E-state index is -0.959. The molecule has 1 atom stereocenters. The summed E-state index contributed by atoms with van der Waals surface area (Å²) in [4.78, 5) is 21.5. The summed E-state index contributed by atoms with van der Waals surface area (Å²) in [7, 11) is 0. The Bertz CT molecular complexity index is 277. The predicted molar refractivity (Wildman–Crippen MR) is 68.4 cm³/mol. The van der Waals surface area contributed by atoms with E-state index in [2.05, 4.69) is 24.5 Å². The average Bonchev–Trinajstić information content (AvgIpc) is 2.24. The first-order valence-electron chi connectivity index (χ1n) is 6.19. The first kappa shape index (κ1) is 16.7. The zero-order valence-electron chi connectivity index (χ0n) is 11.3. The van der Waals surface area contributed by atoms with Crippen LogP contribution in [0.4, 0.5) is 4.79 Å². The van der Waals surface area contributed by atoms with Gasteiger partial charge in [0.15, 0.2) is 0 Å². The second kappa shape index (κ2) is 7.92. The summed E-state index contributed by atoms with van der Waals surface area (Å²) in [6.07, 6.45) is 1.38. The van der Waals surface area contributed by atoms with Gasteiger partial charge in [-0.1, -0.05) is 13.8 Å². The molecule has 6 nitrogen and oxygen atoms in total. The number of rotatable bonds is 8. The number of carboxylic acid groups (broad SMARTS) is 1. The molecular formula is C12H24N2O4. The lowest BCUT2D eigenvalue weighted by Gasteiger charge is -2.24. The predicted octanol–water partition coefficient (Wildman–Crippen LogP) is 0.947. The van der Waals surface area contributed by atoms with E-state index >= 15 is 0 Å². The van der Waals surface area contributed by atoms with Gasteiger partial charge in [-0.05, 0) is 25.7 Å². The number of hydrogen-bond donors (Lipinski definition) is 4. The number of amides is 2. The van der Waals surface area contributed by atoms with E-state index in [4.69, 9.17) is 5.11 Å². The molecule has 0 rings (SSSR count). The number of aliphatic hydroxyl groups is 1. The molecule has 0 bridgehead atoms. The molecule has 0 heterocycles. The maximum absolute atomic E-state index is 11.3. The molecule has 1 unspecified atom stereocenters. The highest BCUT2D eigenvalue weighted by molar-refractivity contribution is 5.75. The molecule has 0 spiro atoms. The van der Waals surface area contributed by atoms with E-state index in [1.165, 1.54) is 0 Å². The summed E-state index contributed by atoms with van der Waals surface area (Å²) in [6, 6.07) is -0.457. The van der Waals surface area contributed by atoms with Gasteiger partial charge in [0.05, 0.1) is 12.0 Å². The number of carbonyl (C=O) groups excluding carboxylic acids is 1. The Kier molecular flexibility index (Phi) is 7.35. The van der Waals surface area contributed by atoms with Crippen molar-refractivity contribution < 1.29 is 19.8 Å². The standard InChI is InChI=1S/C12H24N2O4/c1-9(2)4-6-12(3,18)8-14-11(17)13-7-5-10(15)16/h9,18H,4-8H2,1-3H3,(H,15,16)(H2,13,14,17). The Morgan fingerprint density at radius 2 is 1.89 bits per heavy atom. The summed E-state index contributed by atoms with van der Waals surface area (Å²) < 4.78 is 0. The van der Waals surface area contributed by atoms with Crippen LogP contribution in [-0.2, 0) is 4.79 Å². The van der Waals surface area contributed by atoms with Crippen LogP contribution in [0, 0.1) is 5.92 Å². The monoisotopic (exact) mass is 260 g/mol. The minimum absolute atomic E-state index is 0.0787. The molecule has 0 aliphatic rings. The molecule has 18 heavy (non-hydrogen) atoms. The summed E-state index contributed by atoms with van der Waals surface area (Å²) in [5.41, 5.74) is -0.936. The third-order valence-electron chi connectivity index (χ3n) is 2.51.